The molecule has 25 heavy (non-hydrogen) atoms. The number of likely N-dealkylation sites (N-methyl/N-ethyl adjacent to an activating group) is 1. The lowest BCUT2D eigenvalue weighted by Gasteiger charge is -2.31. The van der Waals surface area contributed by atoms with Crippen molar-refractivity contribution in [2.75, 3.05) is 25.1 Å². The molecule has 1 aromatic rings. The predicted molar refractivity (Wildman–Crippen MR) is 97.0 cm³/mol. The molecule has 1 saturated heterocycles. The summed E-state index contributed by atoms with van der Waals surface area (Å²) in [5.41, 5.74) is 0.220. The Morgan fingerprint density at radius 2 is 1.88 bits per heavy atom. The van der Waals surface area contributed by atoms with Gasteiger partial charge in [-0.15, -0.1) is 0 Å². The van der Waals surface area contributed by atoms with Crippen LogP contribution in [0, 0.1) is 0 Å². The summed E-state index contributed by atoms with van der Waals surface area (Å²) in [6.07, 6.45) is 1.04. The number of benzene rings is 1. The van der Waals surface area contributed by atoms with Gasteiger partial charge >= 0.3 is 6.09 Å². The Kier molecular flexibility index (Phi) is 5.93. The van der Waals surface area contributed by atoms with Gasteiger partial charge in [0.15, 0.2) is 0 Å². The number of methoxy groups -OCH3 is 1. The van der Waals surface area contributed by atoms with E-state index in [0.29, 0.717) is 19.5 Å². The maximum absolute atomic E-state index is 13.1. The van der Waals surface area contributed by atoms with Crippen LogP contribution in [0.2, 0.25) is 0 Å². The van der Waals surface area contributed by atoms with Gasteiger partial charge in [-0.2, -0.15) is 0 Å². The third kappa shape index (κ3) is 4.65. The first kappa shape index (κ1) is 19.1. The SMILES string of the molecule is CCN(C(=O)[C@@H]1CCCN1C(=O)OC(C)(C)C)c1ccc(OC)cc1. The first-order chi connectivity index (χ1) is 11.8. The molecule has 0 N–H and O–H groups in total. The average Bonchev–Trinajstić information content (AvgIpc) is 3.04. The molecule has 1 heterocycles. The third-order valence-corrected chi connectivity index (χ3v) is 4.13. The minimum absolute atomic E-state index is 0.0731. The van der Waals surface area contributed by atoms with Crippen molar-refractivity contribution in [2.24, 2.45) is 0 Å². The second-order valence-corrected chi connectivity index (χ2v) is 7.11. The van der Waals surface area contributed by atoms with E-state index in [2.05, 4.69) is 0 Å². The van der Waals surface area contributed by atoms with E-state index in [0.717, 1.165) is 17.9 Å². The van der Waals surface area contributed by atoms with Crippen molar-refractivity contribution in [3.63, 3.8) is 0 Å². The minimum Gasteiger partial charge on any atom is -0.497 e. The van der Waals surface area contributed by atoms with Crippen LogP contribution in [-0.2, 0) is 9.53 Å². The van der Waals surface area contributed by atoms with Gasteiger partial charge in [0.2, 0.25) is 5.91 Å². The molecule has 0 aliphatic carbocycles. The molecular formula is C19H28N2O4. The van der Waals surface area contributed by atoms with E-state index in [9.17, 15) is 9.59 Å². The lowest BCUT2D eigenvalue weighted by atomic mass is 10.1. The van der Waals surface area contributed by atoms with Crippen LogP contribution in [0.3, 0.4) is 0 Å². The van der Waals surface area contributed by atoms with E-state index in [1.54, 1.807) is 16.9 Å². The maximum Gasteiger partial charge on any atom is 0.410 e. The van der Waals surface area contributed by atoms with E-state index in [4.69, 9.17) is 9.47 Å². The zero-order valence-electron chi connectivity index (χ0n) is 15.7. The topological polar surface area (TPSA) is 59.1 Å². The lowest BCUT2D eigenvalue weighted by molar-refractivity contribution is -0.122. The van der Waals surface area contributed by atoms with E-state index < -0.39 is 17.7 Å². The molecule has 1 aliphatic rings. The molecule has 2 rings (SSSR count). The van der Waals surface area contributed by atoms with Gasteiger partial charge in [0.05, 0.1) is 7.11 Å². The number of amides is 2. The van der Waals surface area contributed by atoms with Gasteiger partial charge < -0.3 is 14.4 Å². The van der Waals surface area contributed by atoms with E-state index >= 15 is 0 Å². The average molecular weight is 348 g/mol. The van der Waals surface area contributed by atoms with Crippen LogP contribution in [0.15, 0.2) is 24.3 Å². The highest BCUT2D eigenvalue weighted by Crippen LogP contribution is 2.26. The van der Waals surface area contributed by atoms with Crippen LogP contribution in [0.1, 0.15) is 40.5 Å². The molecule has 0 spiro atoms. The van der Waals surface area contributed by atoms with Crippen molar-refractivity contribution in [1.82, 2.24) is 4.90 Å². The van der Waals surface area contributed by atoms with Gasteiger partial charge in [0.1, 0.15) is 17.4 Å². The molecule has 0 saturated carbocycles. The van der Waals surface area contributed by atoms with Crippen LogP contribution in [0.4, 0.5) is 10.5 Å². The van der Waals surface area contributed by atoms with Gasteiger partial charge in [-0.25, -0.2) is 4.79 Å². The smallest absolute Gasteiger partial charge is 0.410 e. The van der Waals surface area contributed by atoms with Gasteiger partial charge in [-0.1, -0.05) is 0 Å². The predicted octanol–water partition coefficient (Wildman–Crippen LogP) is 3.45. The summed E-state index contributed by atoms with van der Waals surface area (Å²) in [6, 6.07) is 6.88. The van der Waals surface area contributed by atoms with Crippen molar-refractivity contribution < 1.29 is 19.1 Å². The standard InChI is InChI=1S/C19H28N2O4/c1-6-20(14-9-11-15(24-5)12-10-14)17(22)16-8-7-13-21(16)18(23)25-19(2,3)4/h9-12,16H,6-8,13H2,1-5H3/t16-/m0/s1. The number of carbonyl (C=O) groups is 2. The third-order valence-electron chi connectivity index (χ3n) is 4.13. The Morgan fingerprint density at radius 3 is 2.40 bits per heavy atom. The Labute approximate surface area is 149 Å². The molecule has 6 nitrogen and oxygen atoms in total. The van der Waals surface area contributed by atoms with Crippen LogP contribution >= 0.6 is 0 Å². The number of hydrogen-bond donors (Lipinski definition) is 0. The second-order valence-electron chi connectivity index (χ2n) is 7.11. The zero-order valence-corrected chi connectivity index (χ0v) is 15.7. The first-order valence-corrected chi connectivity index (χ1v) is 8.72. The summed E-state index contributed by atoms with van der Waals surface area (Å²) < 4.78 is 10.6. The number of ether oxygens (including phenoxy) is 2. The molecule has 6 heteroatoms. The normalized spacial score (nSPS) is 17.3. The molecule has 0 unspecified atom stereocenters. The fourth-order valence-electron chi connectivity index (χ4n) is 2.97. The van der Waals surface area contributed by atoms with Crippen molar-refractivity contribution in [1.29, 1.82) is 0 Å². The number of likely N-dealkylation sites (tertiary alicyclic amines) is 1. The molecule has 0 aromatic heterocycles. The second kappa shape index (κ2) is 7.76. The fraction of sp³-hybridized carbons (Fsp3) is 0.579. The monoisotopic (exact) mass is 348 g/mol. The molecule has 138 valence electrons. The first-order valence-electron chi connectivity index (χ1n) is 8.72. The van der Waals surface area contributed by atoms with Crippen molar-refractivity contribution in [2.45, 2.75) is 52.2 Å². The highest BCUT2D eigenvalue weighted by atomic mass is 16.6. The van der Waals surface area contributed by atoms with Gasteiger partial charge in [0.25, 0.3) is 0 Å². The Morgan fingerprint density at radius 1 is 1.24 bits per heavy atom. The quantitative estimate of drug-likeness (QED) is 0.836. The Bertz CT molecular complexity index is 607. The van der Waals surface area contributed by atoms with Crippen molar-refractivity contribution >= 4 is 17.7 Å². The molecule has 1 fully saturated rings. The molecule has 1 aromatic carbocycles. The number of rotatable bonds is 4. The molecule has 2 amide bonds. The van der Waals surface area contributed by atoms with E-state index in [1.807, 2.05) is 52.0 Å². The van der Waals surface area contributed by atoms with Crippen LogP contribution in [0.25, 0.3) is 0 Å². The van der Waals surface area contributed by atoms with Crippen LogP contribution in [-0.4, -0.2) is 48.7 Å². The van der Waals surface area contributed by atoms with Gasteiger partial charge in [-0.3, -0.25) is 9.69 Å². The number of carbonyl (C=O) groups excluding carboxylic acids is 2. The largest absolute Gasteiger partial charge is 0.497 e. The maximum atomic E-state index is 13.1. The van der Waals surface area contributed by atoms with Crippen molar-refractivity contribution in [3.8, 4) is 5.75 Å². The number of nitrogens with zero attached hydrogens (tertiary/aromatic N) is 2. The number of hydrogen-bond acceptors (Lipinski definition) is 4. The van der Waals surface area contributed by atoms with Crippen LogP contribution in [0.5, 0.6) is 5.75 Å². The Hall–Kier alpha value is -2.24. The summed E-state index contributed by atoms with van der Waals surface area (Å²) in [6.45, 7) is 8.48. The summed E-state index contributed by atoms with van der Waals surface area (Å²) in [7, 11) is 1.61. The minimum atomic E-state index is -0.576. The summed E-state index contributed by atoms with van der Waals surface area (Å²) >= 11 is 0. The van der Waals surface area contributed by atoms with E-state index in [-0.39, 0.29) is 5.91 Å². The van der Waals surface area contributed by atoms with Gasteiger partial charge in [0, 0.05) is 18.8 Å². The zero-order chi connectivity index (χ0) is 18.6. The lowest BCUT2D eigenvalue weighted by Crippen LogP contribution is -2.49. The molecule has 1 aliphatic heterocycles. The van der Waals surface area contributed by atoms with Crippen molar-refractivity contribution in [3.05, 3.63) is 24.3 Å². The van der Waals surface area contributed by atoms with E-state index in [1.165, 1.54) is 0 Å². The summed E-state index contributed by atoms with van der Waals surface area (Å²) in [5, 5.41) is 0. The van der Waals surface area contributed by atoms with Gasteiger partial charge in [-0.05, 0) is 64.8 Å². The highest BCUT2D eigenvalue weighted by molar-refractivity contribution is 5.99. The molecular weight excluding hydrogens is 320 g/mol. The highest BCUT2D eigenvalue weighted by Gasteiger charge is 2.38. The molecule has 0 bridgehead atoms. The summed E-state index contributed by atoms with van der Waals surface area (Å²) in [4.78, 5) is 28.7. The molecule has 1 atom stereocenters. The molecule has 0 radical (unpaired) electrons. The van der Waals surface area contributed by atoms with Crippen LogP contribution < -0.4 is 9.64 Å². The Balaban J connectivity index is 2.16. The fourth-order valence-corrected chi connectivity index (χ4v) is 2.97. The summed E-state index contributed by atoms with van der Waals surface area (Å²) in [5.74, 6) is 0.666. The number of anilines is 1.